The summed E-state index contributed by atoms with van der Waals surface area (Å²) < 4.78 is 5.64. The molecule has 5 heteroatoms. The molecule has 3 N–H and O–H groups in total. The second-order valence-corrected chi connectivity index (χ2v) is 5.65. The zero-order valence-corrected chi connectivity index (χ0v) is 14.1. The number of amides is 1. The average Bonchev–Trinajstić information content (AvgIpc) is 2.53. The first-order valence-corrected chi connectivity index (χ1v) is 7.87. The largest absolute Gasteiger partial charge is 0.493 e. The number of ether oxygens (including phenoxy) is 1. The molecule has 2 aromatic rings. The Bertz CT molecular complexity index is 729. The molecule has 120 valence electrons. The summed E-state index contributed by atoms with van der Waals surface area (Å²) in [5, 5.41) is 2.88. The van der Waals surface area contributed by atoms with Gasteiger partial charge in [0.05, 0.1) is 17.9 Å². The standard InChI is InChI=1S/C18H20N2O2S/c1-3-10-22-16-7-5-4-6-14(16)18(21)20-15-11-12(2)8-9-13(15)17(19)23/h4-9,11H,3,10H2,1-2H3,(H2,19,23)(H,20,21). The zero-order chi connectivity index (χ0) is 16.8. The quantitative estimate of drug-likeness (QED) is 0.794. The van der Waals surface area contributed by atoms with E-state index in [-0.39, 0.29) is 10.9 Å². The van der Waals surface area contributed by atoms with Crippen LogP contribution in [0.1, 0.15) is 34.8 Å². The van der Waals surface area contributed by atoms with Gasteiger partial charge >= 0.3 is 0 Å². The summed E-state index contributed by atoms with van der Waals surface area (Å²) in [4.78, 5) is 12.9. The monoisotopic (exact) mass is 328 g/mol. The van der Waals surface area contributed by atoms with E-state index < -0.39 is 0 Å². The Labute approximate surface area is 141 Å². The van der Waals surface area contributed by atoms with E-state index in [2.05, 4.69) is 5.32 Å². The molecule has 0 unspecified atom stereocenters. The average molecular weight is 328 g/mol. The van der Waals surface area contributed by atoms with Gasteiger partial charge in [0, 0.05) is 5.56 Å². The van der Waals surface area contributed by atoms with Gasteiger partial charge in [0.25, 0.3) is 5.91 Å². The number of carbonyl (C=O) groups is 1. The third kappa shape index (κ3) is 4.29. The van der Waals surface area contributed by atoms with Crippen LogP contribution in [0.3, 0.4) is 0 Å². The Morgan fingerprint density at radius 2 is 1.96 bits per heavy atom. The van der Waals surface area contributed by atoms with Gasteiger partial charge in [-0.05, 0) is 43.2 Å². The summed E-state index contributed by atoms with van der Waals surface area (Å²) >= 11 is 5.05. The lowest BCUT2D eigenvalue weighted by Gasteiger charge is -2.14. The molecule has 4 nitrogen and oxygen atoms in total. The number of nitrogens with one attached hydrogen (secondary N) is 1. The number of benzene rings is 2. The molecule has 0 radical (unpaired) electrons. The maximum atomic E-state index is 12.6. The van der Waals surface area contributed by atoms with E-state index >= 15 is 0 Å². The first kappa shape index (κ1) is 17.0. The minimum Gasteiger partial charge on any atom is -0.493 e. The van der Waals surface area contributed by atoms with E-state index in [9.17, 15) is 4.79 Å². The Morgan fingerprint density at radius 1 is 1.22 bits per heavy atom. The summed E-state index contributed by atoms with van der Waals surface area (Å²) in [7, 11) is 0. The van der Waals surface area contributed by atoms with Gasteiger partial charge in [-0.25, -0.2) is 0 Å². The lowest BCUT2D eigenvalue weighted by molar-refractivity contribution is 0.102. The minimum absolute atomic E-state index is 0.246. The van der Waals surface area contributed by atoms with Gasteiger partial charge in [-0.3, -0.25) is 4.79 Å². The Balaban J connectivity index is 2.30. The van der Waals surface area contributed by atoms with Gasteiger partial charge in [0.2, 0.25) is 0 Å². The van der Waals surface area contributed by atoms with Crippen molar-refractivity contribution in [3.8, 4) is 5.75 Å². The number of anilines is 1. The van der Waals surface area contributed by atoms with Crippen LogP contribution in [0, 0.1) is 6.92 Å². The maximum Gasteiger partial charge on any atom is 0.259 e. The van der Waals surface area contributed by atoms with Crippen LogP contribution in [0.5, 0.6) is 5.75 Å². The van der Waals surface area contributed by atoms with Gasteiger partial charge in [0.1, 0.15) is 10.7 Å². The summed E-state index contributed by atoms with van der Waals surface area (Å²) in [6.07, 6.45) is 0.874. The molecule has 0 fully saturated rings. The molecule has 23 heavy (non-hydrogen) atoms. The van der Waals surface area contributed by atoms with Crippen molar-refractivity contribution in [1.29, 1.82) is 0 Å². The van der Waals surface area contributed by atoms with Crippen molar-refractivity contribution < 1.29 is 9.53 Å². The molecular formula is C18H20N2O2S. The maximum absolute atomic E-state index is 12.6. The number of thiocarbonyl (C=S) groups is 1. The van der Waals surface area contributed by atoms with E-state index in [0.29, 0.717) is 29.2 Å². The van der Waals surface area contributed by atoms with Crippen LogP contribution in [-0.4, -0.2) is 17.5 Å². The molecule has 1 amide bonds. The lowest BCUT2D eigenvalue weighted by atomic mass is 10.1. The fraction of sp³-hybridized carbons (Fsp3) is 0.222. The third-order valence-corrected chi connectivity index (χ3v) is 3.50. The molecule has 0 bridgehead atoms. The topological polar surface area (TPSA) is 64.3 Å². The smallest absolute Gasteiger partial charge is 0.259 e. The van der Waals surface area contributed by atoms with Crippen LogP contribution in [0.15, 0.2) is 42.5 Å². The van der Waals surface area contributed by atoms with Crippen molar-refractivity contribution in [2.24, 2.45) is 5.73 Å². The number of hydrogen-bond donors (Lipinski definition) is 2. The molecule has 0 aliphatic rings. The molecule has 0 aliphatic carbocycles. The number of rotatable bonds is 6. The van der Waals surface area contributed by atoms with E-state index in [1.807, 2.05) is 38.1 Å². The van der Waals surface area contributed by atoms with Gasteiger partial charge in [-0.15, -0.1) is 0 Å². The summed E-state index contributed by atoms with van der Waals surface area (Å²) in [6, 6.07) is 12.7. The number of para-hydroxylation sites is 1. The summed E-state index contributed by atoms with van der Waals surface area (Å²) in [5.41, 5.74) is 8.47. The van der Waals surface area contributed by atoms with E-state index in [0.717, 1.165) is 12.0 Å². The van der Waals surface area contributed by atoms with Crippen LogP contribution in [-0.2, 0) is 0 Å². The highest BCUT2D eigenvalue weighted by atomic mass is 32.1. The number of aryl methyl sites for hydroxylation is 1. The van der Waals surface area contributed by atoms with E-state index in [1.54, 1.807) is 18.2 Å². The zero-order valence-electron chi connectivity index (χ0n) is 13.3. The highest BCUT2D eigenvalue weighted by molar-refractivity contribution is 7.80. The first-order chi connectivity index (χ1) is 11.0. The van der Waals surface area contributed by atoms with E-state index in [4.69, 9.17) is 22.7 Å². The highest BCUT2D eigenvalue weighted by Gasteiger charge is 2.15. The fourth-order valence-electron chi connectivity index (χ4n) is 2.16. The fourth-order valence-corrected chi connectivity index (χ4v) is 2.34. The molecule has 2 aromatic carbocycles. The number of hydrogen-bond acceptors (Lipinski definition) is 3. The van der Waals surface area contributed by atoms with Crippen LogP contribution in [0.4, 0.5) is 5.69 Å². The summed E-state index contributed by atoms with van der Waals surface area (Å²) in [5.74, 6) is 0.316. The van der Waals surface area contributed by atoms with Gasteiger partial charge in [-0.2, -0.15) is 0 Å². The van der Waals surface area contributed by atoms with Crippen LogP contribution < -0.4 is 15.8 Å². The van der Waals surface area contributed by atoms with Crippen molar-refractivity contribution in [1.82, 2.24) is 0 Å². The molecule has 0 spiro atoms. The number of carbonyl (C=O) groups excluding carboxylic acids is 1. The van der Waals surface area contributed by atoms with Gasteiger partial charge in [-0.1, -0.05) is 37.3 Å². The second-order valence-electron chi connectivity index (χ2n) is 5.21. The van der Waals surface area contributed by atoms with Crippen molar-refractivity contribution in [3.63, 3.8) is 0 Å². The second kappa shape index (κ2) is 7.74. The molecule has 0 saturated heterocycles. The molecule has 0 aromatic heterocycles. The molecule has 0 aliphatic heterocycles. The summed E-state index contributed by atoms with van der Waals surface area (Å²) in [6.45, 7) is 4.52. The Hall–Kier alpha value is -2.40. The minimum atomic E-state index is -0.250. The van der Waals surface area contributed by atoms with Crippen LogP contribution >= 0.6 is 12.2 Å². The van der Waals surface area contributed by atoms with Gasteiger partial charge in [0.15, 0.2) is 0 Å². The number of nitrogens with two attached hydrogens (primary N) is 1. The molecule has 0 heterocycles. The predicted molar refractivity (Wildman–Crippen MR) is 97.2 cm³/mol. The van der Waals surface area contributed by atoms with Gasteiger partial charge < -0.3 is 15.8 Å². The van der Waals surface area contributed by atoms with Crippen molar-refractivity contribution in [3.05, 3.63) is 59.2 Å². The molecule has 0 atom stereocenters. The third-order valence-electron chi connectivity index (χ3n) is 3.28. The molecule has 0 saturated carbocycles. The SMILES string of the molecule is CCCOc1ccccc1C(=O)Nc1cc(C)ccc1C(N)=S. The molecule has 2 rings (SSSR count). The Kier molecular flexibility index (Phi) is 5.71. The van der Waals surface area contributed by atoms with Crippen molar-refractivity contribution in [2.45, 2.75) is 20.3 Å². The molecular weight excluding hydrogens is 308 g/mol. The van der Waals surface area contributed by atoms with E-state index in [1.165, 1.54) is 0 Å². The Morgan fingerprint density at radius 3 is 2.65 bits per heavy atom. The first-order valence-electron chi connectivity index (χ1n) is 7.46. The van der Waals surface area contributed by atoms with Crippen LogP contribution in [0.2, 0.25) is 0 Å². The predicted octanol–water partition coefficient (Wildman–Crippen LogP) is 3.67. The van der Waals surface area contributed by atoms with Crippen molar-refractivity contribution >= 4 is 28.8 Å². The highest BCUT2D eigenvalue weighted by Crippen LogP contribution is 2.22. The normalized spacial score (nSPS) is 10.2. The lowest BCUT2D eigenvalue weighted by Crippen LogP contribution is -2.18. The van der Waals surface area contributed by atoms with Crippen molar-refractivity contribution in [2.75, 3.05) is 11.9 Å². The van der Waals surface area contributed by atoms with Crippen LogP contribution in [0.25, 0.3) is 0 Å².